The van der Waals surface area contributed by atoms with E-state index in [0.717, 1.165) is 27.3 Å². The van der Waals surface area contributed by atoms with Crippen molar-refractivity contribution in [2.24, 2.45) is 7.05 Å². The number of fused-ring (bicyclic) bond motifs is 1. The molecule has 7 nitrogen and oxygen atoms in total. The zero-order valence-corrected chi connectivity index (χ0v) is 17.4. The van der Waals surface area contributed by atoms with Gasteiger partial charge in [0.25, 0.3) is 5.56 Å². The highest BCUT2D eigenvalue weighted by atomic mass is 19.4. The lowest BCUT2D eigenvalue weighted by Crippen LogP contribution is -2.43. The molecule has 1 aromatic carbocycles. The van der Waals surface area contributed by atoms with Crippen LogP contribution in [-0.2, 0) is 24.6 Å². The predicted octanol–water partition coefficient (Wildman–Crippen LogP) is 2.61. The number of amides is 1. The molecule has 0 bridgehead atoms. The first-order valence-electron chi connectivity index (χ1n) is 9.44. The van der Waals surface area contributed by atoms with E-state index in [1.54, 1.807) is 6.92 Å². The molecule has 0 spiro atoms. The van der Waals surface area contributed by atoms with E-state index in [9.17, 15) is 27.6 Å². The molecule has 2 heterocycles. The molecule has 1 amide bonds. The summed E-state index contributed by atoms with van der Waals surface area (Å²) in [6, 6.07) is 6.99. The van der Waals surface area contributed by atoms with Crippen molar-refractivity contribution in [2.75, 3.05) is 0 Å². The van der Waals surface area contributed by atoms with Crippen LogP contribution in [0.2, 0.25) is 0 Å². The Hall–Kier alpha value is -3.43. The van der Waals surface area contributed by atoms with E-state index in [0.29, 0.717) is 10.6 Å². The molecule has 0 saturated carbocycles. The van der Waals surface area contributed by atoms with Crippen LogP contribution in [0.3, 0.4) is 0 Å². The van der Waals surface area contributed by atoms with Gasteiger partial charge >= 0.3 is 11.9 Å². The van der Waals surface area contributed by atoms with E-state index < -0.39 is 41.2 Å². The maximum absolute atomic E-state index is 12.9. The second-order valence-corrected chi connectivity index (χ2v) is 7.43. The van der Waals surface area contributed by atoms with Gasteiger partial charge in [0, 0.05) is 7.05 Å². The second-order valence-electron chi connectivity index (χ2n) is 7.43. The van der Waals surface area contributed by atoms with Gasteiger partial charge in [0.15, 0.2) is 0 Å². The van der Waals surface area contributed by atoms with E-state index in [1.165, 1.54) is 7.05 Å². The van der Waals surface area contributed by atoms with Gasteiger partial charge in [-0.05, 0) is 49.6 Å². The summed E-state index contributed by atoms with van der Waals surface area (Å²) in [5.74, 6) is -0.579. The van der Waals surface area contributed by atoms with Crippen molar-refractivity contribution in [3.8, 4) is 0 Å². The zero-order chi connectivity index (χ0) is 23.1. The number of rotatable bonds is 4. The number of hydrogen-bond donors (Lipinski definition) is 1. The molecule has 10 heteroatoms. The van der Waals surface area contributed by atoms with Gasteiger partial charge in [-0.1, -0.05) is 18.2 Å². The third-order valence-electron chi connectivity index (χ3n) is 5.19. The monoisotopic (exact) mass is 434 g/mol. The summed E-state index contributed by atoms with van der Waals surface area (Å²) in [5.41, 5.74) is -0.400. The van der Waals surface area contributed by atoms with Crippen molar-refractivity contribution < 1.29 is 18.0 Å². The fraction of sp³-hybridized carbons (Fsp3) is 0.333. The predicted molar refractivity (Wildman–Crippen MR) is 109 cm³/mol. The molecular formula is C21H21F3N4O3. The van der Waals surface area contributed by atoms with E-state index >= 15 is 0 Å². The Morgan fingerprint density at radius 1 is 1.13 bits per heavy atom. The van der Waals surface area contributed by atoms with Gasteiger partial charge in [-0.3, -0.25) is 18.7 Å². The van der Waals surface area contributed by atoms with Crippen LogP contribution < -0.4 is 16.6 Å². The number of alkyl halides is 3. The summed E-state index contributed by atoms with van der Waals surface area (Å²) in [5, 5.41) is 2.54. The highest BCUT2D eigenvalue weighted by molar-refractivity contribution is 5.78. The number of carbonyl (C=O) groups is 1. The summed E-state index contributed by atoms with van der Waals surface area (Å²) >= 11 is 0. The number of halogens is 3. The van der Waals surface area contributed by atoms with Crippen LogP contribution in [-0.4, -0.2) is 20.0 Å². The number of aryl methyl sites for hydroxylation is 3. The summed E-state index contributed by atoms with van der Waals surface area (Å²) in [6.07, 6.45) is -4.72. The van der Waals surface area contributed by atoms with Crippen molar-refractivity contribution in [3.63, 3.8) is 0 Å². The fourth-order valence-corrected chi connectivity index (χ4v) is 3.22. The Balaban J connectivity index is 1.92. The van der Waals surface area contributed by atoms with Crippen LogP contribution in [0.5, 0.6) is 0 Å². The van der Waals surface area contributed by atoms with E-state index in [2.05, 4.69) is 10.3 Å². The minimum Gasteiger partial charge on any atom is -0.348 e. The van der Waals surface area contributed by atoms with Crippen molar-refractivity contribution >= 4 is 16.9 Å². The average molecular weight is 434 g/mol. The van der Waals surface area contributed by atoms with Gasteiger partial charge in [-0.15, -0.1) is 0 Å². The van der Waals surface area contributed by atoms with Crippen molar-refractivity contribution in [2.45, 2.75) is 39.5 Å². The molecule has 0 aliphatic heterocycles. The maximum Gasteiger partial charge on any atom is 0.433 e. The van der Waals surface area contributed by atoms with Gasteiger partial charge in [0.1, 0.15) is 17.9 Å². The number of carbonyl (C=O) groups excluding carboxylic acids is 1. The molecular weight excluding hydrogens is 413 g/mol. The molecule has 0 radical (unpaired) electrons. The average Bonchev–Trinajstić information content (AvgIpc) is 2.70. The summed E-state index contributed by atoms with van der Waals surface area (Å²) in [4.78, 5) is 41.2. The van der Waals surface area contributed by atoms with Gasteiger partial charge in [0.05, 0.1) is 11.4 Å². The first-order chi connectivity index (χ1) is 14.4. The number of nitrogens with one attached hydrogen (secondary N) is 1. The quantitative estimate of drug-likeness (QED) is 0.684. The third-order valence-corrected chi connectivity index (χ3v) is 5.19. The van der Waals surface area contributed by atoms with Crippen LogP contribution in [0.25, 0.3) is 11.0 Å². The smallest absolute Gasteiger partial charge is 0.348 e. The number of pyridine rings is 1. The lowest BCUT2D eigenvalue weighted by atomic mass is 10.0. The molecule has 3 aromatic rings. The van der Waals surface area contributed by atoms with Crippen LogP contribution in [0.1, 0.15) is 35.3 Å². The van der Waals surface area contributed by atoms with Crippen molar-refractivity contribution in [1.29, 1.82) is 0 Å². The SMILES string of the molecule is Cc1ccc(C(C)NC(=O)Cn2c(=O)c3ccc(C(F)(F)F)nc3n(C)c2=O)cc1C. The highest BCUT2D eigenvalue weighted by Gasteiger charge is 2.33. The maximum atomic E-state index is 12.9. The van der Waals surface area contributed by atoms with E-state index in [1.807, 2.05) is 32.0 Å². The van der Waals surface area contributed by atoms with E-state index in [4.69, 9.17) is 0 Å². The number of aromatic nitrogens is 3. The Kier molecular flexibility index (Phi) is 5.75. The molecule has 0 fully saturated rings. The molecule has 0 saturated heterocycles. The molecule has 1 N–H and O–H groups in total. The van der Waals surface area contributed by atoms with Crippen molar-refractivity contribution in [3.05, 3.63) is 73.6 Å². The fourth-order valence-electron chi connectivity index (χ4n) is 3.22. The highest BCUT2D eigenvalue weighted by Crippen LogP contribution is 2.28. The Morgan fingerprint density at radius 3 is 2.42 bits per heavy atom. The lowest BCUT2D eigenvalue weighted by Gasteiger charge is -2.17. The number of nitrogens with zero attached hydrogens (tertiary/aromatic N) is 3. The third kappa shape index (κ3) is 4.37. The van der Waals surface area contributed by atoms with Crippen LogP contribution in [0.15, 0.2) is 39.9 Å². The van der Waals surface area contributed by atoms with Gasteiger partial charge in [-0.25, -0.2) is 9.78 Å². The molecule has 31 heavy (non-hydrogen) atoms. The van der Waals surface area contributed by atoms with Gasteiger partial charge in [0.2, 0.25) is 5.91 Å². The van der Waals surface area contributed by atoms with Gasteiger partial charge in [-0.2, -0.15) is 13.2 Å². The number of benzene rings is 1. The first-order valence-corrected chi connectivity index (χ1v) is 9.44. The standard InChI is InChI=1S/C21H21F3N4O3/c1-11-5-6-14(9-12(11)2)13(3)25-17(29)10-28-19(30)15-7-8-16(21(22,23)24)26-18(15)27(4)20(28)31/h5-9,13H,10H2,1-4H3,(H,25,29). The Bertz CT molecular complexity index is 1290. The van der Waals surface area contributed by atoms with Gasteiger partial charge < -0.3 is 5.32 Å². The Morgan fingerprint density at radius 2 is 1.81 bits per heavy atom. The van der Waals surface area contributed by atoms with Crippen LogP contribution >= 0.6 is 0 Å². The molecule has 0 aliphatic rings. The second kappa shape index (κ2) is 8.01. The molecule has 1 unspecified atom stereocenters. The molecule has 0 aliphatic carbocycles. The molecule has 2 aromatic heterocycles. The van der Waals surface area contributed by atoms with Crippen molar-refractivity contribution in [1.82, 2.24) is 19.4 Å². The molecule has 3 rings (SSSR count). The lowest BCUT2D eigenvalue weighted by molar-refractivity contribution is -0.141. The summed E-state index contributed by atoms with van der Waals surface area (Å²) in [6.45, 7) is 5.12. The zero-order valence-electron chi connectivity index (χ0n) is 17.4. The summed E-state index contributed by atoms with van der Waals surface area (Å²) < 4.78 is 40.3. The van der Waals surface area contributed by atoms with Crippen LogP contribution in [0, 0.1) is 13.8 Å². The summed E-state index contributed by atoms with van der Waals surface area (Å²) in [7, 11) is 1.20. The minimum atomic E-state index is -4.72. The molecule has 164 valence electrons. The molecule has 1 atom stereocenters. The largest absolute Gasteiger partial charge is 0.433 e. The topological polar surface area (TPSA) is 86.0 Å². The van der Waals surface area contributed by atoms with Crippen LogP contribution in [0.4, 0.5) is 13.2 Å². The first kappa shape index (κ1) is 22.3. The normalized spacial score (nSPS) is 12.7. The van der Waals surface area contributed by atoms with E-state index in [-0.39, 0.29) is 11.4 Å². The Labute approximate surface area is 175 Å². The number of hydrogen-bond acceptors (Lipinski definition) is 4. The minimum absolute atomic E-state index is 0.190.